The average Bonchev–Trinajstić information content (AvgIpc) is 2.83. The molecule has 0 N–H and O–H groups in total. The molecule has 76 valence electrons. The Bertz CT molecular complexity index is 281. The first kappa shape index (κ1) is 9.72. The smallest absolute Gasteiger partial charge is 0.0230 e. The second kappa shape index (κ2) is 4.14. The summed E-state index contributed by atoms with van der Waals surface area (Å²) in [7, 11) is 2.22. The zero-order valence-electron chi connectivity index (χ0n) is 9.11. The van der Waals surface area contributed by atoms with Crippen LogP contribution in [0.4, 0.5) is 0 Å². The molecule has 14 heavy (non-hydrogen) atoms. The number of rotatable bonds is 4. The normalized spacial score (nSPS) is 25.4. The minimum absolute atomic E-state index is 0.962. The quantitative estimate of drug-likeness (QED) is 0.704. The van der Waals surface area contributed by atoms with Gasteiger partial charge in [-0.05, 0) is 30.9 Å². The van der Waals surface area contributed by atoms with Gasteiger partial charge in [-0.1, -0.05) is 37.3 Å². The third-order valence-electron chi connectivity index (χ3n) is 3.12. The zero-order chi connectivity index (χ0) is 9.97. The zero-order valence-corrected chi connectivity index (χ0v) is 9.11. The molecule has 1 aromatic carbocycles. The topological polar surface area (TPSA) is 3.24 Å². The molecule has 1 aliphatic carbocycles. The average molecular weight is 189 g/mol. The van der Waals surface area contributed by atoms with Crippen LogP contribution in [0.5, 0.6) is 0 Å². The van der Waals surface area contributed by atoms with Crippen LogP contribution in [0.25, 0.3) is 0 Å². The van der Waals surface area contributed by atoms with Gasteiger partial charge in [0.15, 0.2) is 0 Å². The van der Waals surface area contributed by atoms with E-state index in [0.717, 1.165) is 18.4 Å². The standard InChI is InChI=1S/C13H19N/c1-11-8-13(11)10-14(2)9-12-6-4-3-5-7-12/h3-7,11,13H,8-10H2,1-2H3. The van der Waals surface area contributed by atoms with E-state index in [0.29, 0.717) is 0 Å². The number of nitrogens with zero attached hydrogens (tertiary/aromatic N) is 1. The Kier molecular flexibility index (Phi) is 2.87. The van der Waals surface area contributed by atoms with Crippen molar-refractivity contribution in [3.63, 3.8) is 0 Å². The lowest BCUT2D eigenvalue weighted by atomic mass is 10.2. The van der Waals surface area contributed by atoms with Gasteiger partial charge < -0.3 is 4.90 Å². The molecule has 2 unspecified atom stereocenters. The third-order valence-corrected chi connectivity index (χ3v) is 3.12. The lowest BCUT2D eigenvalue weighted by molar-refractivity contribution is 0.307. The first-order valence-electron chi connectivity index (χ1n) is 5.48. The molecule has 1 aliphatic rings. The molecule has 0 heterocycles. The van der Waals surface area contributed by atoms with Gasteiger partial charge in [-0.2, -0.15) is 0 Å². The van der Waals surface area contributed by atoms with E-state index >= 15 is 0 Å². The minimum atomic E-state index is 0.962. The van der Waals surface area contributed by atoms with Crippen LogP contribution < -0.4 is 0 Å². The highest BCUT2D eigenvalue weighted by Crippen LogP contribution is 2.38. The van der Waals surface area contributed by atoms with Crippen LogP contribution in [0, 0.1) is 11.8 Å². The summed E-state index contributed by atoms with van der Waals surface area (Å²) in [6.45, 7) is 4.70. The second-order valence-corrected chi connectivity index (χ2v) is 4.66. The highest BCUT2D eigenvalue weighted by molar-refractivity contribution is 5.14. The van der Waals surface area contributed by atoms with Crippen molar-refractivity contribution in [1.29, 1.82) is 0 Å². The fraction of sp³-hybridized carbons (Fsp3) is 0.538. The van der Waals surface area contributed by atoms with E-state index < -0.39 is 0 Å². The summed E-state index contributed by atoms with van der Waals surface area (Å²) in [6.07, 6.45) is 1.43. The van der Waals surface area contributed by atoms with Gasteiger partial charge in [0.1, 0.15) is 0 Å². The minimum Gasteiger partial charge on any atom is -0.302 e. The second-order valence-electron chi connectivity index (χ2n) is 4.66. The molecule has 1 fully saturated rings. The summed E-state index contributed by atoms with van der Waals surface area (Å²) in [5, 5.41) is 0. The molecule has 2 rings (SSSR count). The molecular weight excluding hydrogens is 170 g/mol. The van der Waals surface area contributed by atoms with Gasteiger partial charge in [0.2, 0.25) is 0 Å². The van der Waals surface area contributed by atoms with Crippen molar-refractivity contribution in [3.05, 3.63) is 35.9 Å². The Labute approximate surface area is 86.7 Å². The highest BCUT2D eigenvalue weighted by Gasteiger charge is 2.32. The maximum absolute atomic E-state index is 2.43. The molecule has 1 saturated carbocycles. The SMILES string of the molecule is CC1CC1CN(C)Cc1ccccc1. The molecule has 2 atom stereocenters. The van der Waals surface area contributed by atoms with Gasteiger partial charge in [0.25, 0.3) is 0 Å². The Hall–Kier alpha value is -0.820. The van der Waals surface area contributed by atoms with Crippen molar-refractivity contribution in [2.75, 3.05) is 13.6 Å². The fourth-order valence-corrected chi connectivity index (χ4v) is 2.01. The van der Waals surface area contributed by atoms with Crippen molar-refractivity contribution in [2.24, 2.45) is 11.8 Å². The Balaban J connectivity index is 1.80. The summed E-state index contributed by atoms with van der Waals surface area (Å²) >= 11 is 0. The van der Waals surface area contributed by atoms with Crippen molar-refractivity contribution in [3.8, 4) is 0 Å². The van der Waals surface area contributed by atoms with Crippen LogP contribution in [0.3, 0.4) is 0 Å². The van der Waals surface area contributed by atoms with E-state index in [-0.39, 0.29) is 0 Å². The first-order valence-corrected chi connectivity index (χ1v) is 5.48. The van der Waals surface area contributed by atoms with Crippen molar-refractivity contribution in [2.45, 2.75) is 19.9 Å². The predicted molar refractivity (Wildman–Crippen MR) is 60.0 cm³/mol. The van der Waals surface area contributed by atoms with E-state index in [4.69, 9.17) is 0 Å². The summed E-state index contributed by atoms with van der Waals surface area (Å²) < 4.78 is 0. The van der Waals surface area contributed by atoms with Crippen molar-refractivity contribution < 1.29 is 0 Å². The van der Waals surface area contributed by atoms with Gasteiger partial charge >= 0.3 is 0 Å². The molecule has 0 radical (unpaired) electrons. The van der Waals surface area contributed by atoms with Gasteiger partial charge in [0, 0.05) is 13.1 Å². The molecule has 0 spiro atoms. The molecule has 0 aromatic heterocycles. The molecular formula is C13H19N. The van der Waals surface area contributed by atoms with Crippen molar-refractivity contribution >= 4 is 0 Å². The maximum Gasteiger partial charge on any atom is 0.0230 e. The van der Waals surface area contributed by atoms with E-state index in [2.05, 4.69) is 49.2 Å². The van der Waals surface area contributed by atoms with E-state index in [1.807, 2.05) is 0 Å². The summed E-state index contributed by atoms with van der Waals surface area (Å²) in [5.41, 5.74) is 1.42. The Morgan fingerprint density at radius 3 is 2.50 bits per heavy atom. The molecule has 1 nitrogen and oxygen atoms in total. The summed E-state index contributed by atoms with van der Waals surface area (Å²) in [5.74, 6) is 1.93. The lowest BCUT2D eigenvalue weighted by Crippen LogP contribution is -2.20. The van der Waals surface area contributed by atoms with E-state index in [1.165, 1.54) is 18.5 Å². The van der Waals surface area contributed by atoms with Crippen LogP contribution >= 0.6 is 0 Å². The van der Waals surface area contributed by atoms with Crippen LogP contribution in [-0.4, -0.2) is 18.5 Å². The van der Waals surface area contributed by atoms with Crippen LogP contribution in [0.2, 0.25) is 0 Å². The molecule has 1 aromatic rings. The van der Waals surface area contributed by atoms with Gasteiger partial charge in [-0.25, -0.2) is 0 Å². The fourth-order valence-electron chi connectivity index (χ4n) is 2.01. The number of hydrogen-bond donors (Lipinski definition) is 0. The number of benzene rings is 1. The lowest BCUT2D eigenvalue weighted by Gasteiger charge is -2.16. The van der Waals surface area contributed by atoms with E-state index in [9.17, 15) is 0 Å². The Morgan fingerprint density at radius 1 is 1.29 bits per heavy atom. The Morgan fingerprint density at radius 2 is 1.93 bits per heavy atom. The molecule has 0 saturated heterocycles. The number of hydrogen-bond acceptors (Lipinski definition) is 1. The monoisotopic (exact) mass is 189 g/mol. The molecule has 0 aliphatic heterocycles. The van der Waals surface area contributed by atoms with E-state index in [1.54, 1.807) is 0 Å². The van der Waals surface area contributed by atoms with Gasteiger partial charge in [-0.3, -0.25) is 0 Å². The van der Waals surface area contributed by atoms with Crippen LogP contribution in [-0.2, 0) is 6.54 Å². The summed E-state index contributed by atoms with van der Waals surface area (Å²) in [6, 6.07) is 10.7. The van der Waals surface area contributed by atoms with Crippen molar-refractivity contribution in [1.82, 2.24) is 4.90 Å². The predicted octanol–water partition coefficient (Wildman–Crippen LogP) is 2.77. The van der Waals surface area contributed by atoms with Gasteiger partial charge in [-0.15, -0.1) is 0 Å². The molecule has 1 heteroatoms. The largest absolute Gasteiger partial charge is 0.302 e. The first-order chi connectivity index (χ1) is 6.75. The van der Waals surface area contributed by atoms with Gasteiger partial charge in [0.05, 0.1) is 0 Å². The molecule has 0 amide bonds. The van der Waals surface area contributed by atoms with Crippen LogP contribution in [0.1, 0.15) is 18.9 Å². The third kappa shape index (κ3) is 2.58. The summed E-state index contributed by atoms with van der Waals surface area (Å²) in [4.78, 5) is 2.43. The van der Waals surface area contributed by atoms with Crippen LogP contribution in [0.15, 0.2) is 30.3 Å². The highest BCUT2D eigenvalue weighted by atomic mass is 15.1. The maximum atomic E-state index is 2.43. The molecule has 0 bridgehead atoms.